The molecule has 3 N–H and O–H groups in total. The largest absolute Gasteiger partial charge is 0.493 e. The van der Waals surface area contributed by atoms with Crippen LogP contribution in [0.15, 0.2) is 30.3 Å². The summed E-state index contributed by atoms with van der Waals surface area (Å²) in [7, 11) is 3.09. The summed E-state index contributed by atoms with van der Waals surface area (Å²) in [4.78, 5) is 8.82. The molecule has 0 unspecified atom stereocenters. The number of nitrogens with two attached hydrogens (primary N) is 1. The number of anilines is 2. The fraction of sp³-hybridized carbons (Fsp3) is 0.333. The number of hydrogen-bond acceptors (Lipinski definition) is 7. The predicted molar refractivity (Wildman–Crippen MR) is 111 cm³/mol. The molecule has 0 amide bonds. The summed E-state index contributed by atoms with van der Waals surface area (Å²) in [6.45, 7) is 2.53. The number of rotatable bonds is 8. The van der Waals surface area contributed by atoms with Crippen molar-refractivity contribution < 1.29 is 27.4 Å². The first kappa shape index (κ1) is 22.4. The van der Waals surface area contributed by atoms with E-state index in [2.05, 4.69) is 15.3 Å². The standard InChI is InChI=1S/C21H23F3N4O3/c1-12-27-17-10-18(30-3)19(31-5-4-29-2)9-16(17)20(28-12)26-11-13-6-14(21(22,23)24)8-15(25)7-13/h6-10H,4-5,11,25H2,1-3H3,(H,26,27,28). The third-order valence-corrected chi connectivity index (χ3v) is 4.44. The second kappa shape index (κ2) is 9.25. The summed E-state index contributed by atoms with van der Waals surface area (Å²) in [5, 5.41) is 3.73. The van der Waals surface area contributed by atoms with Gasteiger partial charge in [0.2, 0.25) is 0 Å². The summed E-state index contributed by atoms with van der Waals surface area (Å²) in [5.41, 5.74) is 5.87. The van der Waals surface area contributed by atoms with E-state index in [1.165, 1.54) is 13.2 Å². The zero-order chi connectivity index (χ0) is 22.6. The third kappa shape index (κ3) is 5.46. The average Bonchev–Trinajstić information content (AvgIpc) is 2.70. The molecule has 3 rings (SSSR count). The summed E-state index contributed by atoms with van der Waals surface area (Å²) in [5.74, 6) is 1.93. The molecule has 0 atom stereocenters. The number of methoxy groups -OCH3 is 2. The highest BCUT2D eigenvalue weighted by atomic mass is 19.4. The Bertz CT molecular complexity index is 1070. The maximum atomic E-state index is 13.1. The summed E-state index contributed by atoms with van der Waals surface area (Å²) < 4.78 is 55.4. The number of hydrogen-bond donors (Lipinski definition) is 2. The molecule has 2 aromatic carbocycles. The van der Waals surface area contributed by atoms with Gasteiger partial charge in [0.1, 0.15) is 18.2 Å². The Labute approximate surface area is 177 Å². The van der Waals surface area contributed by atoms with Gasteiger partial charge in [0.25, 0.3) is 0 Å². The van der Waals surface area contributed by atoms with Gasteiger partial charge in [0, 0.05) is 30.8 Å². The Kier molecular flexibility index (Phi) is 6.69. The molecule has 1 aromatic heterocycles. The van der Waals surface area contributed by atoms with Gasteiger partial charge in [0.15, 0.2) is 11.5 Å². The molecule has 0 radical (unpaired) electrons. The minimum Gasteiger partial charge on any atom is -0.493 e. The Balaban J connectivity index is 1.94. The van der Waals surface area contributed by atoms with Crippen molar-refractivity contribution in [2.45, 2.75) is 19.6 Å². The van der Waals surface area contributed by atoms with Crippen LogP contribution in [-0.2, 0) is 17.5 Å². The van der Waals surface area contributed by atoms with Gasteiger partial charge in [-0.15, -0.1) is 0 Å². The molecule has 0 fully saturated rings. The van der Waals surface area contributed by atoms with Crippen LogP contribution in [0.3, 0.4) is 0 Å². The Hall–Kier alpha value is -3.27. The van der Waals surface area contributed by atoms with E-state index in [9.17, 15) is 13.2 Å². The van der Waals surface area contributed by atoms with Crippen molar-refractivity contribution in [1.82, 2.24) is 9.97 Å². The van der Waals surface area contributed by atoms with Gasteiger partial charge in [-0.1, -0.05) is 0 Å². The van der Waals surface area contributed by atoms with Gasteiger partial charge < -0.3 is 25.3 Å². The zero-order valence-electron chi connectivity index (χ0n) is 17.3. The van der Waals surface area contributed by atoms with Crippen LogP contribution in [0, 0.1) is 6.92 Å². The highest BCUT2D eigenvalue weighted by Crippen LogP contribution is 2.35. The molecule has 0 saturated carbocycles. The predicted octanol–water partition coefficient (Wildman–Crippen LogP) is 4.19. The normalized spacial score (nSPS) is 11.5. The number of halogens is 3. The van der Waals surface area contributed by atoms with E-state index in [0.29, 0.717) is 52.8 Å². The Morgan fingerprint density at radius 2 is 1.77 bits per heavy atom. The molecule has 0 bridgehead atoms. The van der Waals surface area contributed by atoms with Gasteiger partial charge in [0.05, 0.1) is 24.8 Å². The number of fused-ring (bicyclic) bond motifs is 1. The van der Waals surface area contributed by atoms with E-state index in [-0.39, 0.29) is 12.2 Å². The maximum absolute atomic E-state index is 13.1. The fourth-order valence-corrected chi connectivity index (χ4v) is 3.06. The van der Waals surface area contributed by atoms with E-state index in [0.717, 1.165) is 12.1 Å². The summed E-state index contributed by atoms with van der Waals surface area (Å²) in [6, 6.07) is 6.90. The quantitative estimate of drug-likeness (QED) is 0.404. The van der Waals surface area contributed by atoms with Crippen LogP contribution < -0.4 is 20.5 Å². The van der Waals surface area contributed by atoms with Crippen LogP contribution in [0.1, 0.15) is 17.0 Å². The third-order valence-electron chi connectivity index (χ3n) is 4.44. The highest BCUT2D eigenvalue weighted by Gasteiger charge is 2.31. The number of aromatic nitrogens is 2. The molecule has 3 aromatic rings. The number of nitrogens with zero attached hydrogens (tertiary/aromatic N) is 2. The zero-order valence-corrected chi connectivity index (χ0v) is 17.3. The van der Waals surface area contributed by atoms with Crippen LogP contribution >= 0.6 is 0 Å². The molecule has 0 aliphatic heterocycles. The second-order valence-electron chi connectivity index (χ2n) is 6.80. The Morgan fingerprint density at radius 3 is 2.45 bits per heavy atom. The van der Waals surface area contributed by atoms with Crippen molar-refractivity contribution in [3.8, 4) is 11.5 Å². The van der Waals surface area contributed by atoms with Gasteiger partial charge in [-0.2, -0.15) is 13.2 Å². The number of aryl methyl sites for hydroxylation is 1. The molecule has 31 heavy (non-hydrogen) atoms. The molecule has 0 aliphatic rings. The lowest BCUT2D eigenvalue weighted by Gasteiger charge is -2.15. The molecule has 0 spiro atoms. The minimum absolute atomic E-state index is 0.0360. The number of nitrogen functional groups attached to an aromatic ring is 1. The molecule has 7 nitrogen and oxygen atoms in total. The van der Waals surface area contributed by atoms with Crippen molar-refractivity contribution in [3.63, 3.8) is 0 Å². The van der Waals surface area contributed by atoms with Gasteiger partial charge in [-0.3, -0.25) is 0 Å². The first-order valence-electron chi connectivity index (χ1n) is 9.40. The van der Waals surface area contributed by atoms with Crippen molar-refractivity contribution in [3.05, 3.63) is 47.3 Å². The van der Waals surface area contributed by atoms with Gasteiger partial charge in [-0.05, 0) is 36.8 Å². The molecular weight excluding hydrogens is 413 g/mol. The highest BCUT2D eigenvalue weighted by molar-refractivity contribution is 5.91. The molecule has 0 saturated heterocycles. The van der Waals surface area contributed by atoms with Crippen LogP contribution in [0.5, 0.6) is 11.5 Å². The van der Waals surface area contributed by atoms with E-state index in [4.69, 9.17) is 19.9 Å². The van der Waals surface area contributed by atoms with Crippen LogP contribution in [-0.4, -0.2) is 37.4 Å². The molecule has 10 heteroatoms. The first-order valence-corrected chi connectivity index (χ1v) is 9.40. The minimum atomic E-state index is -4.48. The van der Waals surface area contributed by atoms with Crippen molar-refractivity contribution in [2.75, 3.05) is 38.5 Å². The topological polar surface area (TPSA) is 91.5 Å². The van der Waals surface area contributed by atoms with Gasteiger partial charge >= 0.3 is 6.18 Å². The number of alkyl halides is 3. The van der Waals surface area contributed by atoms with Crippen LogP contribution in [0.2, 0.25) is 0 Å². The first-order chi connectivity index (χ1) is 14.7. The van der Waals surface area contributed by atoms with Crippen molar-refractivity contribution in [1.29, 1.82) is 0 Å². The maximum Gasteiger partial charge on any atom is 0.416 e. The lowest BCUT2D eigenvalue weighted by molar-refractivity contribution is -0.137. The summed E-state index contributed by atoms with van der Waals surface area (Å²) >= 11 is 0. The second-order valence-corrected chi connectivity index (χ2v) is 6.80. The van der Waals surface area contributed by atoms with E-state index in [1.807, 2.05) is 0 Å². The number of nitrogens with one attached hydrogen (secondary N) is 1. The average molecular weight is 436 g/mol. The number of ether oxygens (including phenoxy) is 3. The van der Waals surface area contributed by atoms with E-state index >= 15 is 0 Å². The lowest BCUT2D eigenvalue weighted by atomic mass is 10.1. The molecule has 166 valence electrons. The van der Waals surface area contributed by atoms with Crippen LogP contribution in [0.4, 0.5) is 24.7 Å². The number of benzene rings is 2. The molecular formula is C21H23F3N4O3. The van der Waals surface area contributed by atoms with Crippen molar-refractivity contribution >= 4 is 22.4 Å². The van der Waals surface area contributed by atoms with Gasteiger partial charge in [-0.25, -0.2) is 9.97 Å². The monoisotopic (exact) mass is 436 g/mol. The Morgan fingerprint density at radius 1 is 1.00 bits per heavy atom. The lowest BCUT2D eigenvalue weighted by Crippen LogP contribution is -2.09. The molecule has 1 heterocycles. The van der Waals surface area contributed by atoms with E-state index < -0.39 is 11.7 Å². The van der Waals surface area contributed by atoms with Crippen molar-refractivity contribution in [2.24, 2.45) is 0 Å². The SMILES string of the molecule is COCCOc1cc2c(NCc3cc(N)cc(C(F)(F)F)c3)nc(C)nc2cc1OC. The fourth-order valence-electron chi connectivity index (χ4n) is 3.06. The van der Waals surface area contributed by atoms with E-state index in [1.54, 1.807) is 26.2 Å². The van der Waals surface area contributed by atoms with Crippen LogP contribution in [0.25, 0.3) is 10.9 Å². The molecule has 0 aliphatic carbocycles. The summed E-state index contributed by atoms with van der Waals surface area (Å²) in [6.07, 6.45) is -4.48. The smallest absolute Gasteiger partial charge is 0.416 e.